The van der Waals surface area contributed by atoms with Gasteiger partial charge in [0.25, 0.3) is 0 Å². The van der Waals surface area contributed by atoms with Crippen LogP contribution in [0.2, 0.25) is 0 Å². The Morgan fingerprint density at radius 1 is 1.00 bits per heavy atom. The first-order chi connectivity index (χ1) is 8.42. The van der Waals surface area contributed by atoms with Crippen molar-refractivity contribution in [1.82, 2.24) is 5.32 Å². The maximum absolute atomic E-state index is 3.48. The highest BCUT2D eigenvalue weighted by molar-refractivity contribution is 7.07. The highest BCUT2D eigenvalue weighted by atomic mass is 32.1. The molecule has 0 unspecified atom stereocenters. The molecule has 2 heteroatoms. The Bertz CT molecular complexity index is 454. The summed E-state index contributed by atoms with van der Waals surface area (Å²) in [6.45, 7) is 1.93. The number of thiophene rings is 1. The molecule has 1 heterocycles. The lowest BCUT2D eigenvalue weighted by Crippen LogP contribution is -2.11. The van der Waals surface area contributed by atoms with Gasteiger partial charge in [-0.3, -0.25) is 0 Å². The second-order valence-corrected chi connectivity index (χ2v) is 5.53. The summed E-state index contributed by atoms with van der Waals surface area (Å²) in [6.07, 6.45) is 2.77. The van der Waals surface area contributed by atoms with Crippen molar-refractivity contribution in [1.29, 1.82) is 0 Å². The molecule has 0 atom stereocenters. The third-order valence-corrected chi connectivity index (χ3v) is 4.00. The molecule has 17 heavy (non-hydrogen) atoms. The Hall–Kier alpha value is -1.12. The van der Waals surface area contributed by atoms with Crippen LogP contribution in [0.4, 0.5) is 0 Å². The number of benzene rings is 1. The molecular formula is C15H17NS. The van der Waals surface area contributed by atoms with Crippen LogP contribution in [-0.2, 0) is 13.1 Å². The number of hydrogen-bond acceptors (Lipinski definition) is 2. The Balaban J connectivity index is 1.51. The fraction of sp³-hybridized carbons (Fsp3) is 0.333. The third kappa shape index (κ3) is 2.96. The van der Waals surface area contributed by atoms with Gasteiger partial charge in [-0.25, -0.2) is 0 Å². The molecular weight excluding hydrogens is 226 g/mol. The SMILES string of the molecule is c1cc(CNCc2ccc(C3CC3)cc2)cs1. The first kappa shape index (κ1) is 11.0. The van der Waals surface area contributed by atoms with Gasteiger partial charge in [0.1, 0.15) is 0 Å². The maximum Gasteiger partial charge on any atom is 0.0216 e. The van der Waals surface area contributed by atoms with E-state index < -0.39 is 0 Å². The lowest BCUT2D eigenvalue weighted by molar-refractivity contribution is 0.695. The largest absolute Gasteiger partial charge is 0.309 e. The molecule has 1 saturated carbocycles. The van der Waals surface area contributed by atoms with E-state index >= 15 is 0 Å². The van der Waals surface area contributed by atoms with Gasteiger partial charge < -0.3 is 5.32 Å². The second-order valence-electron chi connectivity index (χ2n) is 4.75. The van der Waals surface area contributed by atoms with Crippen molar-refractivity contribution in [2.75, 3.05) is 0 Å². The average molecular weight is 243 g/mol. The Morgan fingerprint density at radius 2 is 1.76 bits per heavy atom. The van der Waals surface area contributed by atoms with E-state index in [1.165, 1.54) is 29.5 Å². The van der Waals surface area contributed by atoms with Gasteiger partial charge in [-0.1, -0.05) is 24.3 Å². The van der Waals surface area contributed by atoms with E-state index in [0.29, 0.717) is 0 Å². The van der Waals surface area contributed by atoms with Gasteiger partial charge >= 0.3 is 0 Å². The molecule has 1 aliphatic rings. The summed E-state index contributed by atoms with van der Waals surface area (Å²) < 4.78 is 0. The molecule has 3 rings (SSSR count). The van der Waals surface area contributed by atoms with Crippen LogP contribution in [0.3, 0.4) is 0 Å². The van der Waals surface area contributed by atoms with E-state index in [0.717, 1.165) is 19.0 Å². The third-order valence-electron chi connectivity index (χ3n) is 3.27. The summed E-state index contributed by atoms with van der Waals surface area (Å²) in [5, 5.41) is 7.80. The van der Waals surface area contributed by atoms with Crippen LogP contribution in [0.1, 0.15) is 35.4 Å². The minimum absolute atomic E-state index is 0.864. The predicted octanol–water partition coefficient (Wildman–Crippen LogP) is 3.92. The molecule has 1 aliphatic carbocycles. The monoisotopic (exact) mass is 243 g/mol. The number of rotatable bonds is 5. The zero-order valence-electron chi connectivity index (χ0n) is 9.86. The minimum Gasteiger partial charge on any atom is -0.309 e. The van der Waals surface area contributed by atoms with Crippen molar-refractivity contribution < 1.29 is 0 Å². The summed E-state index contributed by atoms with van der Waals surface area (Å²) in [5.41, 5.74) is 4.28. The molecule has 0 spiro atoms. The van der Waals surface area contributed by atoms with E-state index in [1.807, 2.05) is 0 Å². The zero-order valence-corrected chi connectivity index (χ0v) is 10.7. The molecule has 0 bridgehead atoms. The van der Waals surface area contributed by atoms with Crippen LogP contribution in [0.25, 0.3) is 0 Å². The zero-order chi connectivity index (χ0) is 11.5. The highest BCUT2D eigenvalue weighted by Crippen LogP contribution is 2.39. The molecule has 0 saturated heterocycles. The lowest BCUT2D eigenvalue weighted by Gasteiger charge is -2.05. The number of hydrogen-bond donors (Lipinski definition) is 1. The second kappa shape index (κ2) is 5.03. The van der Waals surface area contributed by atoms with E-state index in [9.17, 15) is 0 Å². The van der Waals surface area contributed by atoms with Crippen LogP contribution < -0.4 is 5.32 Å². The fourth-order valence-corrected chi connectivity index (χ4v) is 2.74. The quantitative estimate of drug-likeness (QED) is 0.839. The molecule has 0 aliphatic heterocycles. The molecule has 2 aromatic rings. The summed E-state index contributed by atoms with van der Waals surface area (Å²) in [4.78, 5) is 0. The summed E-state index contributed by atoms with van der Waals surface area (Å²) in [6, 6.07) is 11.3. The van der Waals surface area contributed by atoms with Gasteiger partial charge in [-0.2, -0.15) is 11.3 Å². The summed E-state index contributed by atoms with van der Waals surface area (Å²) >= 11 is 1.76. The van der Waals surface area contributed by atoms with Crippen molar-refractivity contribution in [2.24, 2.45) is 0 Å². The van der Waals surface area contributed by atoms with Crippen molar-refractivity contribution in [3.8, 4) is 0 Å². The van der Waals surface area contributed by atoms with Crippen molar-refractivity contribution in [2.45, 2.75) is 31.8 Å². The van der Waals surface area contributed by atoms with E-state index in [4.69, 9.17) is 0 Å². The van der Waals surface area contributed by atoms with E-state index in [1.54, 1.807) is 11.3 Å². The van der Waals surface area contributed by atoms with Gasteiger partial charge in [0.15, 0.2) is 0 Å². The average Bonchev–Trinajstić information content (AvgIpc) is 3.08. The van der Waals surface area contributed by atoms with Gasteiger partial charge in [0.2, 0.25) is 0 Å². The highest BCUT2D eigenvalue weighted by Gasteiger charge is 2.22. The Kier molecular flexibility index (Phi) is 3.25. The van der Waals surface area contributed by atoms with Gasteiger partial charge in [0.05, 0.1) is 0 Å². The van der Waals surface area contributed by atoms with Crippen LogP contribution in [-0.4, -0.2) is 0 Å². The van der Waals surface area contributed by atoms with Gasteiger partial charge in [0, 0.05) is 13.1 Å². The van der Waals surface area contributed by atoms with Gasteiger partial charge in [-0.15, -0.1) is 0 Å². The molecule has 1 fully saturated rings. The lowest BCUT2D eigenvalue weighted by atomic mass is 10.1. The van der Waals surface area contributed by atoms with Crippen LogP contribution in [0.5, 0.6) is 0 Å². The normalized spacial score (nSPS) is 15.1. The summed E-state index contributed by atoms with van der Waals surface area (Å²) in [5.74, 6) is 0.864. The number of nitrogens with one attached hydrogen (secondary N) is 1. The van der Waals surface area contributed by atoms with Crippen molar-refractivity contribution in [3.05, 3.63) is 57.8 Å². The van der Waals surface area contributed by atoms with E-state index in [-0.39, 0.29) is 0 Å². The standard InChI is InChI=1S/C15H17NS/c1-3-14(15-5-6-15)4-2-12(1)9-16-10-13-7-8-17-11-13/h1-4,7-8,11,15-16H,5-6,9-10H2. The molecule has 1 N–H and O–H groups in total. The first-order valence-electron chi connectivity index (χ1n) is 6.22. The topological polar surface area (TPSA) is 12.0 Å². The molecule has 0 amide bonds. The molecule has 88 valence electrons. The van der Waals surface area contributed by atoms with Gasteiger partial charge in [-0.05, 0) is 52.3 Å². The van der Waals surface area contributed by atoms with Crippen LogP contribution in [0.15, 0.2) is 41.1 Å². The minimum atomic E-state index is 0.864. The molecule has 1 aromatic carbocycles. The van der Waals surface area contributed by atoms with Crippen LogP contribution >= 0.6 is 11.3 Å². The summed E-state index contributed by atoms with van der Waals surface area (Å²) in [7, 11) is 0. The fourth-order valence-electron chi connectivity index (χ4n) is 2.07. The first-order valence-corrected chi connectivity index (χ1v) is 7.17. The van der Waals surface area contributed by atoms with Crippen molar-refractivity contribution >= 4 is 11.3 Å². The Labute approximate surface area is 106 Å². The smallest absolute Gasteiger partial charge is 0.0216 e. The Morgan fingerprint density at radius 3 is 2.41 bits per heavy atom. The van der Waals surface area contributed by atoms with Crippen molar-refractivity contribution in [3.63, 3.8) is 0 Å². The van der Waals surface area contributed by atoms with Crippen LogP contribution in [0, 0.1) is 0 Å². The molecule has 1 nitrogen and oxygen atoms in total. The molecule has 0 radical (unpaired) electrons. The molecule has 1 aromatic heterocycles. The predicted molar refractivity (Wildman–Crippen MR) is 73.3 cm³/mol. The van der Waals surface area contributed by atoms with E-state index in [2.05, 4.69) is 46.4 Å². The maximum atomic E-state index is 3.48.